The first kappa shape index (κ1) is 21.6. The van der Waals surface area contributed by atoms with Crippen molar-refractivity contribution < 1.29 is 19.8 Å². The predicted molar refractivity (Wildman–Crippen MR) is 119 cm³/mol. The quantitative estimate of drug-likeness (QED) is 0.432. The molecular weight excluding hydrogens is 398 g/mol. The number of carboxylic acids is 2. The van der Waals surface area contributed by atoms with Crippen molar-refractivity contribution in [2.45, 2.75) is 19.8 Å². The predicted octanol–water partition coefficient (Wildman–Crippen LogP) is 3.96. The average molecular weight is 421 g/mol. The van der Waals surface area contributed by atoms with Gasteiger partial charge in [0.05, 0.1) is 0 Å². The molecule has 0 aliphatic carbocycles. The van der Waals surface area contributed by atoms with Crippen molar-refractivity contribution in [2.75, 3.05) is 17.2 Å². The minimum Gasteiger partial charge on any atom is -0.478 e. The second-order valence-electron chi connectivity index (χ2n) is 6.99. The van der Waals surface area contributed by atoms with Gasteiger partial charge in [-0.15, -0.1) is 0 Å². The molecule has 8 heteroatoms. The van der Waals surface area contributed by atoms with E-state index in [4.69, 9.17) is 5.73 Å². The normalized spacial score (nSPS) is 10.6. The highest BCUT2D eigenvalue weighted by Gasteiger charge is 2.26. The van der Waals surface area contributed by atoms with Gasteiger partial charge in [0.15, 0.2) is 0 Å². The van der Waals surface area contributed by atoms with Crippen molar-refractivity contribution in [3.8, 4) is 11.1 Å². The highest BCUT2D eigenvalue weighted by atomic mass is 16.4. The summed E-state index contributed by atoms with van der Waals surface area (Å²) >= 11 is 0. The lowest BCUT2D eigenvalue weighted by Gasteiger charge is -2.25. The molecule has 1 aromatic heterocycles. The summed E-state index contributed by atoms with van der Waals surface area (Å²) in [6, 6.07) is 16.6. The van der Waals surface area contributed by atoms with E-state index < -0.39 is 34.4 Å². The Morgan fingerprint density at radius 3 is 2.06 bits per heavy atom. The van der Waals surface area contributed by atoms with E-state index in [1.807, 2.05) is 30.3 Å². The lowest BCUT2D eigenvalue weighted by Crippen LogP contribution is -2.24. The number of aromatic amines is 1. The van der Waals surface area contributed by atoms with E-state index >= 15 is 0 Å². The molecule has 0 radical (unpaired) electrons. The number of hydrogen-bond donors (Lipinski definition) is 4. The molecule has 3 rings (SSSR count). The molecule has 0 bridgehead atoms. The van der Waals surface area contributed by atoms with Crippen LogP contribution in [-0.4, -0.2) is 33.7 Å². The highest BCUT2D eigenvalue weighted by molar-refractivity contribution is 6.07. The summed E-state index contributed by atoms with van der Waals surface area (Å²) in [4.78, 5) is 39.9. The average Bonchev–Trinajstić information content (AvgIpc) is 2.74. The summed E-state index contributed by atoms with van der Waals surface area (Å²) in [5, 5.41) is 19.1. The van der Waals surface area contributed by atoms with Gasteiger partial charge in [-0.3, -0.25) is 4.79 Å². The highest BCUT2D eigenvalue weighted by Crippen LogP contribution is 2.32. The number of aromatic carboxylic acids is 2. The molecule has 0 aliphatic heterocycles. The summed E-state index contributed by atoms with van der Waals surface area (Å²) < 4.78 is 0. The summed E-state index contributed by atoms with van der Waals surface area (Å²) in [6.07, 6.45) is 1.98. The molecule has 0 saturated carbocycles. The summed E-state index contributed by atoms with van der Waals surface area (Å²) in [5.74, 6) is -3.35. The van der Waals surface area contributed by atoms with Crippen LogP contribution in [0.2, 0.25) is 0 Å². The van der Waals surface area contributed by atoms with Crippen LogP contribution in [0.15, 0.2) is 59.4 Å². The molecule has 5 N–H and O–H groups in total. The maximum Gasteiger partial charge on any atom is 0.342 e. The van der Waals surface area contributed by atoms with E-state index in [0.29, 0.717) is 0 Å². The zero-order valence-corrected chi connectivity index (χ0v) is 17.0. The number of carbonyl (C=O) groups is 2. The van der Waals surface area contributed by atoms with E-state index in [-0.39, 0.29) is 11.1 Å². The third-order valence-corrected chi connectivity index (χ3v) is 4.94. The molecular formula is C23H23N3O5. The van der Waals surface area contributed by atoms with Crippen LogP contribution in [0.4, 0.5) is 17.2 Å². The molecule has 1 heterocycles. The van der Waals surface area contributed by atoms with Gasteiger partial charge in [-0.1, -0.05) is 43.7 Å². The van der Waals surface area contributed by atoms with Crippen molar-refractivity contribution >= 4 is 29.1 Å². The Bertz CT molecular complexity index is 1150. The van der Waals surface area contributed by atoms with Crippen LogP contribution in [-0.2, 0) is 0 Å². The topological polar surface area (TPSA) is 137 Å². The van der Waals surface area contributed by atoms with E-state index in [1.54, 1.807) is 24.3 Å². The molecule has 160 valence electrons. The van der Waals surface area contributed by atoms with Crippen LogP contribution in [0.3, 0.4) is 0 Å². The Morgan fingerprint density at radius 1 is 0.935 bits per heavy atom. The third kappa shape index (κ3) is 4.42. The van der Waals surface area contributed by atoms with Gasteiger partial charge in [-0.25, -0.2) is 9.59 Å². The maximum absolute atomic E-state index is 12.2. The van der Waals surface area contributed by atoms with Crippen molar-refractivity contribution in [2.24, 2.45) is 0 Å². The molecule has 2 aromatic carbocycles. The molecule has 0 aliphatic rings. The Morgan fingerprint density at radius 2 is 1.52 bits per heavy atom. The fraction of sp³-hybridized carbons (Fsp3) is 0.174. The van der Waals surface area contributed by atoms with Crippen LogP contribution in [0.5, 0.6) is 0 Å². The number of hydrogen-bond acceptors (Lipinski definition) is 5. The molecule has 0 spiro atoms. The standard InChI is InChI=1S/C23H23N3O5/c1-2-3-13-26(15-7-5-4-6-8-15)16-11-9-14(10-12-16)17-18(22(28)29)20(24)25-21(27)19(17)23(30)31/h4-12H,2-3,13H2,1H3,(H,28,29)(H,30,31)(H3,24,25,27). The summed E-state index contributed by atoms with van der Waals surface area (Å²) in [6.45, 7) is 2.88. The van der Waals surface area contributed by atoms with E-state index in [0.717, 1.165) is 30.8 Å². The molecule has 8 nitrogen and oxygen atoms in total. The minimum atomic E-state index is -1.53. The minimum absolute atomic E-state index is 0.215. The van der Waals surface area contributed by atoms with Crippen LogP contribution < -0.4 is 16.2 Å². The molecule has 0 fully saturated rings. The van der Waals surface area contributed by atoms with Gasteiger partial charge >= 0.3 is 11.9 Å². The summed E-state index contributed by atoms with van der Waals surface area (Å²) in [5.41, 5.74) is 5.56. The van der Waals surface area contributed by atoms with Gasteiger partial charge in [0.2, 0.25) is 0 Å². The van der Waals surface area contributed by atoms with Gasteiger partial charge in [0.25, 0.3) is 5.56 Å². The van der Waals surface area contributed by atoms with Crippen LogP contribution in [0, 0.1) is 0 Å². The van der Waals surface area contributed by atoms with Crippen molar-refractivity contribution in [3.05, 3.63) is 76.1 Å². The summed E-state index contributed by atoms with van der Waals surface area (Å²) in [7, 11) is 0. The van der Waals surface area contributed by atoms with Crippen LogP contribution >= 0.6 is 0 Å². The van der Waals surface area contributed by atoms with Gasteiger partial charge in [0, 0.05) is 23.5 Å². The van der Waals surface area contributed by atoms with E-state index in [2.05, 4.69) is 16.8 Å². The number of nitrogens with zero attached hydrogens (tertiary/aromatic N) is 1. The largest absolute Gasteiger partial charge is 0.478 e. The smallest absolute Gasteiger partial charge is 0.342 e. The number of nitrogens with two attached hydrogens (primary N) is 1. The molecule has 0 unspecified atom stereocenters. The number of H-pyrrole nitrogens is 1. The molecule has 3 aromatic rings. The number of aromatic nitrogens is 1. The fourth-order valence-electron chi connectivity index (χ4n) is 3.47. The number of rotatable bonds is 8. The molecule has 31 heavy (non-hydrogen) atoms. The molecule has 0 saturated heterocycles. The van der Waals surface area contributed by atoms with Gasteiger partial charge in [-0.05, 0) is 36.2 Å². The third-order valence-electron chi connectivity index (χ3n) is 4.94. The number of para-hydroxylation sites is 1. The van der Waals surface area contributed by atoms with Gasteiger partial charge in [0.1, 0.15) is 16.9 Å². The van der Waals surface area contributed by atoms with E-state index in [1.165, 1.54) is 0 Å². The van der Waals surface area contributed by atoms with Crippen molar-refractivity contribution in [1.29, 1.82) is 0 Å². The number of unbranched alkanes of at least 4 members (excludes halogenated alkanes) is 1. The fourth-order valence-corrected chi connectivity index (χ4v) is 3.47. The zero-order valence-electron chi connectivity index (χ0n) is 17.0. The number of anilines is 3. The number of pyridine rings is 1. The Labute approximate surface area is 178 Å². The number of nitrogen functional groups attached to an aromatic ring is 1. The monoisotopic (exact) mass is 421 g/mol. The number of carboxylic acid groups (broad SMARTS) is 2. The first-order valence-electron chi connectivity index (χ1n) is 9.80. The van der Waals surface area contributed by atoms with E-state index in [9.17, 15) is 24.6 Å². The molecule has 0 amide bonds. The maximum atomic E-state index is 12.2. The molecule has 0 atom stereocenters. The second kappa shape index (κ2) is 9.17. The Hall–Kier alpha value is -4.07. The lowest BCUT2D eigenvalue weighted by atomic mass is 9.95. The Balaban J connectivity index is 2.14. The van der Waals surface area contributed by atoms with Crippen LogP contribution in [0.25, 0.3) is 11.1 Å². The van der Waals surface area contributed by atoms with Gasteiger partial charge < -0.3 is 25.8 Å². The zero-order chi connectivity index (χ0) is 22.5. The van der Waals surface area contributed by atoms with Crippen molar-refractivity contribution in [3.63, 3.8) is 0 Å². The SMILES string of the molecule is CCCCN(c1ccccc1)c1ccc(-c2c(C(=O)O)c(N)[nH]c(=O)c2C(=O)O)cc1. The second-order valence-corrected chi connectivity index (χ2v) is 6.99. The van der Waals surface area contributed by atoms with Crippen LogP contribution in [0.1, 0.15) is 40.5 Å². The number of benzene rings is 2. The first-order chi connectivity index (χ1) is 14.8. The number of nitrogens with one attached hydrogen (secondary N) is 1. The first-order valence-corrected chi connectivity index (χ1v) is 9.80. The Kier molecular flexibility index (Phi) is 6.40. The lowest BCUT2D eigenvalue weighted by molar-refractivity contribution is 0.0695. The van der Waals surface area contributed by atoms with Gasteiger partial charge in [-0.2, -0.15) is 0 Å². The van der Waals surface area contributed by atoms with Crippen molar-refractivity contribution in [1.82, 2.24) is 4.98 Å².